The van der Waals surface area contributed by atoms with Crippen LogP contribution in [0, 0.1) is 5.92 Å². The van der Waals surface area contributed by atoms with E-state index in [9.17, 15) is 9.90 Å². The van der Waals surface area contributed by atoms with Gasteiger partial charge in [0.05, 0.1) is 5.60 Å². The van der Waals surface area contributed by atoms with Crippen LogP contribution in [0.25, 0.3) is 10.9 Å². The van der Waals surface area contributed by atoms with Crippen LogP contribution >= 0.6 is 0 Å². The van der Waals surface area contributed by atoms with E-state index in [2.05, 4.69) is 29.0 Å². The molecule has 1 amide bonds. The van der Waals surface area contributed by atoms with Crippen molar-refractivity contribution in [2.24, 2.45) is 5.92 Å². The number of para-hydroxylation sites is 1. The van der Waals surface area contributed by atoms with Crippen molar-refractivity contribution in [1.29, 1.82) is 0 Å². The topological polar surface area (TPSA) is 45.5 Å². The smallest absolute Gasteiger partial charge is 0.224 e. The molecule has 0 spiro atoms. The van der Waals surface area contributed by atoms with E-state index in [-0.39, 0.29) is 11.8 Å². The molecule has 2 atom stereocenters. The molecular formula is C20H26N2O2. The number of aliphatic hydroxyl groups is 1. The highest BCUT2D eigenvalue weighted by Crippen LogP contribution is 2.39. The van der Waals surface area contributed by atoms with Crippen molar-refractivity contribution in [3.63, 3.8) is 0 Å². The van der Waals surface area contributed by atoms with E-state index in [4.69, 9.17) is 0 Å². The Morgan fingerprint density at radius 2 is 2.08 bits per heavy atom. The summed E-state index contributed by atoms with van der Waals surface area (Å²) in [6.45, 7) is 2.16. The van der Waals surface area contributed by atoms with Gasteiger partial charge < -0.3 is 14.6 Å². The van der Waals surface area contributed by atoms with Crippen molar-refractivity contribution in [2.75, 3.05) is 13.1 Å². The molecule has 1 aromatic carbocycles. The number of rotatable bonds is 3. The summed E-state index contributed by atoms with van der Waals surface area (Å²) in [4.78, 5) is 14.6. The zero-order valence-electron chi connectivity index (χ0n) is 14.2. The number of aromatic nitrogens is 1. The summed E-state index contributed by atoms with van der Waals surface area (Å²) in [5.74, 6) is 0.497. The number of nitrogens with zero attached hydrogens (tertiary/aromatic N) is 2. The van der Waals surface area contributed by atoms with Crippen LogP contribution in [-0.4, -0.2) is 39.2 Å². The van der Waals surface area contributed by atoms with E-state index >= 15 is 0 Å². The summed E-state index contributed by atoms with van der Waals surface area (Å²) in [5.41, 5.74) is 0.677. The summed E-state index contributed by atoms with van der Waals surface area (Å²) >= 11 is 0. The van der Waals surface area contributed by atoms with Gasteiger partial charge in [-0.25, -0.2) is 0 Å². The number of carbonyl (C=O) groups excluding carboxylic acids is 1. The minimum Gasteiger partial charge on any atom is -0.389 e. The lowest BCUT2D eigenvalue weighted by Gasteiger charge is -2.47. The SMILES string of the molecule is O=C(CCn1ccc2ccccc21)N1CC[C@]2(O)CCCC[C@@H]2C1. The van der Waals surface area contributed by atoms with Gasteiger partial charge in [0.15, 0.2) is 0 Å². The fourth-order valence-corrected chi connectivity index (χ4v) is 4.51. The second-order valence-electron chi connectivity index (χ2n) is 7.45. The first-order valence-electron chi connectivity index (χ1n) is 9.20. The zero-order valence-corrected chi connectivity index (χ0v) is 14.2. The van der Waals surface area contributed by atoms with Gasteiger partial charge in [-0.15, -0.1) is 0 Å². The van der Waals surface area contributed by atoms with Crippen molar-refractivity contribution >= 4 is 16.8 Å². The van der Waals surface area contributed by atoms with Crippen LogP contribution in [0.4, 0.5) is 0 Å². The van der Waals surface area contributed by atoms with Crippen LogP contribution in [0.1, 0.15) is 38.5 Å². The van der Waals surface area contributed by atoms with Crippen molar-refractivity contribution in [1.82, 2.24) is 9.47 Å². The highest BCUT2D eigenvalue weighted by Gasteiger charge is 2.43. The first-order valence-corrected chi connectivity index (χ1v) is 9.20. The molecule has 24 heavy (non-hydrogen) atoms. The molecule has 1 aromatic heterocycles. The van der Waals surface area contributed by atoms with Crippen LogP contribution in [0.15, 0.2) is 36.5 Å². The Hall–Kier alpha value is -1.81. The maximum atomic E-state index is 12.6. The Morgan fingerprint density at radius 1 is 1.21 bits per heavy atom. The molecule has 2 aromatic rings. The molecule has 4 rings (SSSR count). The van der Waals surface area contributed by atoms with Crippen LogP contribution in [-0.2, 0) is 11.3 Å². The molecule has 1 saturated carbocycles. The number of hydrogen-bond donors (Lipinski definition) is 1. The predicted octanol–water partition coefficient (Wildman–Crippen LogP) is 3.19. The molecule has 1 aliphatic carbocycles. The molecule has 1 N–H and O–H groups in total. The third kappa shape index (κ3) is 2.84. The third-order valence-corrected chi connectivity index (χ3v) is 6.03. The van der Waals surface area contributed by atoms with Gasteiger partial charge in [0.2, 0.25) is 5.91 Å². The maximum absolute atomic E-state index is 12.6. The molecule has 0 bridgehead atoms. The number of piperidine rings is 1. The van der Waals surface area contributed by atoms with Gasteiger partial charge in [0.1, 0.15) is 0 Å². The van der Waals surface area contributed by atoms with Gasteiger partial charge in [0.25, 0.3) is 0 Å². The number of likely N-dealkylation sites (tertiary alicyclic amines) is 1. The van der Waals surface area contributed by atoms with Crippen LogP contribution in [0.5, 0.6) is 0 Å². The quantitative estimate of drug-likeness (QED) is 0.941. The molecule has 0 radical (unpaired) electrons. The monoisotopic (exact) mass is 326 g/mol. The first kappa shape index (κ1) is 15.7. The normalized spacial score (nSPS) is 27.2. The summed E-state index contributed by atoms with van der Waals surface area (Å²) < 4.78 is 2.16. The Bertz CT molecular complexity index is 738. The molecule has 2 fully saturated rings. The Kier molecular flexibility index (Phi) is 4.09. The summed E-state index contributed by atoms with van der Waals surface area (Å²) in [5, 5.41) is 12.0. The van der Waals surface area contributed by atoms with Crippen molar-refractivity contribution in [3.05, 3.63) is 36.5 Å². The van der Waals surface area contributed by atoms with Gasteiger partial charge in [-0.3, -0.25) is 4.79 Å². The number of benzene rings is 1. The molecule has 4 heteroatoms. The molecule has 1 aliphatic heterocycles. The third-order valence-electron chi connectivity index (χ3n) is 6.03. The second-order valence-corrected chi connectivity index (χ2v) is 7.45. The lowest BCUT2D eigenvalue weighted by Crippen LogP contribution is -2.54. The second kappa shape index (κ2) is 6.25. The minimum absolute atomic E-state index is 0.223. The Morgan fingerprint density at radius 3 is 3.00 bits per heavy atom. The molecule has 1 saturated heterocycles. The molecule has 0 unspecified atom stereocenters. The van der Waals surface area contributed by atoms with Crippen molar-refractivity contribution in [3.8, 4) is 0 Å². The van der Waals surface area contributed by atoms with Crippen molar-refractivity contribution < 1.29 is 9.90 Å². The molecular weight excluding hydrogens is 300 g/mol. The van der Waals surface area contributed by atoms with E-state index in [1.54, 1.807) is 0 Å². The maximum Gasteiger partial charge on any atom is 0.224 e. The van der Waals surface area contributed by atoms with E-state index in [1.807, 2.05) is 17.0 Å². The van der Waals surface area contributed by atoms with E-state index in [0.29, 0.717) is 13.0 Å². The standard InChI is InChI=1S/C20H26N2O2/c23-19(9-13-21-12-8-16-5-1-2-7-18(16)21)22-14-11-20(24)10-4-3-6-17(20)15-22/h1-2,5,7-8,12,17,24H,3-4,6,9-11,13-15H2/t17-,20-/m1/s1. The number of fused-ring (bicyclic) bond motifs is 2. The molecule has 2 heterocycles. The number of carbonyl (C=O) groups is 1. The molecule has 128 valence electrons. The predicted molar refractivity (Wildman–Crippen MR) is 94.7 cm³/mol. The number of hydrogen-bond acceptors (Lipinski definition) is 2. The van der Waals surface area contributed by atoms with E-state index < -0.39 is 5.60 Å². The van der Waals surface area contributed by atoms with Crippen LogP contribution < -0.4 is 0 Å². The Balaban J connectivity index is 1.38. The van der Waals surface area contributed by atoms with Crippen LogP contribution in [0.3, 0.4) is 0 Å². The molecule has 2 aliphatic rings. The fourth-order valence-electron chi connectivity index (χ4n) is 4.51. The summed E-state index contributed by atoms with van der Waals surface area (Å²) in [6, 6.07) is 10.4. The Labute approximate surface area is 143 Å². The van der Waals surface area contributed by atoms with Gasteiger partial charge in [-0.1, -0.05) is 31.0 Å². The average molecular weight is 326 g/mol. The van der Waals surface area contributed by atoms with Gasteiger partial charge >= 0.3 is 0 Å². The summed E-state index contributed by atoms with van der Waals surface area (Å²) in [6.07, 6.45) is 7.62. The minimum atomic E-state index is -0.508. The fraction of sp³-hybridized carbons (Fsp3) is 0.550. The van der Waals surface area contributed by atoms with Gasteiger partial charge in [0, 0.05) is 43.7 Å². The van der Waals surface area contributed by atoms with Gasteiger partial charge in [-0.2, -0.15) is 0 Å². The lowest BCUT2D eigenvalue weighted by molar-refractivity contribution is -0.143. The average Bonchev–Trinajstić information content (AvgIpc) is 3.02. The highest BCUT2D eigenvalue weighted by atomic mass is 16.3. The zero-order chi connectivity index (χ0) is 16.6. The first-order chi connectivity index (χ1) is 11.7. The number of aryl methyl sites for hydroxylation is 1. The summed E-state index contributed by atoms with van der Waals surface area (Å²) in [7, 11) is 0. The van der Waals surface area contributed by atoms with Crippen molar-refractivity contribution in [2.45, 2.75) is 50.7 Å². The molecule has 4 nitrogen and oxygen atoms in total. The van der Waals surface area contributed by atoms with E-state index in [0.717, 1.165) is 38.8 Å². The van der Waals surface area contributed by atoms with E-state index in [1.165, 1.54) is 17.3 Å². The van der Waals surface area contributed by atoms with Crippen LogP contribution in [0.2, 0.25) is 0 Å². The number of amides is 1. The van der Waals surface area contributed by atoms with Gasteiger partial charge in [-0.05, 0) is 36.8 Å². The largest absolute Gasteiger partial charge is 0.389 e. The highest BCUT2D eigenvalue weighted by molar-refractivity contribution is 5.80. The lowest BCUT2D eigenvalue weighted by atomic mass is 9.71.